The van der Waals surface area contributed by atoms with Gasteiger partial charge in [-0.2, -0.15) is 0 Å². The van der Waals surface area contributed by atoms with Crippen LogP contribution in [0.4, 0.5) is 0 Å². The molecule has 0 saturated heterocycles. The molecule has 1 aliphatic carbocycles. The van der Waals surface area contributed by atoms with Gasteiger partial charge in [0.2, 0.25) is 0 Å². The average Bonchev–Trinajstić information content (AvgIpc) is 3.22. The van der Waals surface area contributed by atoms with E-state index in [1.165, 1.54) is 11.8 Å². The predicted molar refractivity (Wildman–Crippen MR) is 105 cm³/mol. The SMILES string of the molecule is COc1ccccc1C(=O)NC[C@]1(c2cccs2)CC[C@H](OC(C)=O)CC1. The summed E-state index contributed by atoms with van der Waals surface area (Å²) in [5.41, 5.74) is 0.414. The van der Waals surface area contributed by atoms with Crippen molar-refractivity contribution in [1.82, 2.24) is 5.32 Å². The van der Waals surface area contributed by atoms with Crippen LogP contribution in [0.25, 0.3) is 0 Å². The van der Waals surface area contributed by atoms with Crippen LogP contribution in [0.15, 0.2) is 41.8 Å². The van der Waals surface area contributed by atoms with Crippen LogP contribution < -0.4 is 10.1 Å². The number of carbonyl (C=O) groups excluding carboxylic acids is 2. The highest BCUT2D eigenvalue weighted by Crippen LogP contribution is 2.42. The van der Waals surface area contributed by atoms with Crippen molar-refractivity contribution in [3.8, 4) is 5.75 Å². The molecule has 1 N–H and O–H groups in total. The molecule has 1 aliphatic rings. The summed E-state index contributed by atoms with van der Waals surface area (Å²) in [6.45, 7) is 2.01. The quantitative estimate of drug-likeness (QED) is 0.763. The largest absolute Gasteiger partial charge is 0.496 e. The maximum absolute atomic E-state index is 12.7. The molecule has 0 aliphatic heterocycles. The van der Waals surface area contributed by atoms with Gasteiger partial charge in [0.15, 0.2) is 0 Å². The maximum Gasteiger partial charge on any atom is 0.302 e. The molecule has 0 spiro atoms. The molecule has 0 bridgehead atoms. The number of hydrogen-bond acceptors (Lipinski definition) is 5. The van der Waals surface area contributed by atoms with Crippen molar-refractivity contribution in [2.45, 2.75) is 44.1 Å². The molecule has 1 heterocycles. The van der Waals surface area contributed by atoms with E-state index in [0.717, 1.165) is 25.7 Å². The topological polar surface area (TPSA) is 64.6 Å². The highest BCUT2D eigenvalue weighted by atomic mass is 32.1. The van der Waals surface area contributed by atoms with Crippen molar-refractivity contribution in [3.63, 3.8) is 0 Å². The Bertz CT molecular complexity index is 779. The van der Waals surface area contributed by atoms with Gasteiger partial charge in [0, 0.05) is 23.8 Å². The van der Waals surface area contributed by atoms with Crippen LogP contribution in [0.5, 0.6) is 5.75 Å². The predicted octanol–water partition coefficient (Wildman–Crippen LogP) is 3.93. The van der Waals surface area contributed by atoms with E-state index in [1.807, 2.05) is 18.2 Å². The van der Waals surface area contributed by atoms with Crippen molar-refractivity contribution in [2.75, 3.05) is 13.7 Å². The van der Waals surface area contributed by atoms with Crippen molar-refractivity contribution >= 4 is 23.2 Å². The number of esters is 1. The summed E-state index contributed by atoms with van der Waals surface area (Å²) in [7, 11) is 1.57. The number of rotatable bonds is 6. The first-order valence-electron chi connectivity index (χ1n) is 9.16. The molecule has 0 atom stereocenters. The number of para-hydroxylation sites is 1. The standard InChI is InChI=1S/C21H25NO4S/c1-15(23)26-16-9-11-21(12-10-16,19-8-5-13-27-19)14-22-20(24)17-6-3-4-7-18(17)25-2/h3-8,13,16H,9-12,14H2,1-2H3,(H,22,24)/t16-,21-. The maximum atomic E-state index is 12.7. The molecule has 0 radical (unpaired) electrons. The van der Waals surface area contributed by atoms with Gasteiger partial charge in [0.25, 0.3) is 5.91 Å². The summed E-state index contributed by atoms with van der Waals surface area (Å²) >= 11 is 1.71. The number of thiophene rings is 1. The molecule has 1 saturated carbocycles. The van der Waals surface area contributed by atoms with Gasteiger partial charge in [-0.25, -0.2) is 0 Å². The summed E-state index contributed by atoms with van der Waals surface area (Å²) in [5, 5.41) is 5.17. The Morgan fingerprint density at radius 3 is 2.56 bits per heavy atom. The molecule has 144 valence electrons. The Labute approximate surface area is 163 Å². The summed E-state index contributed by atoms with van der Waals surface area (Å²) in [6, 6.07) is 11.4. The van der Waals surface area contributed by atoms with Crippen LogP contribution in [0.3, 0.4) is 0 Å². The molecule has 2 aromatic rings. The summed E-state index contributed by atoms with van der Waals surface area (Å²) in [5.74, 6) is 0.206. The molecule has 1 aromatic heterocycles. The molecule has 3 rings (SSSR count). The van der Waals surface area contributed by atoms with Crippen LogP contribution in [0.2, 0.25) is 0 Å². The number of benzene rings is 1. The van der Waals surface area contributed by atoms with Gasteiger partial charge in [-0.15, -0.1) is 11.3 Å². The number of carbonyl (C=O) groups is 2. The second kappa shape index (κ2) is 8.57. The van der Waals surface area contributed by atoms with E-state index in [-0.39, 0.29) is 23.4 Å². The van der Waals surface area contributed by atoms with E-state index in [2.05, 4.69) is 16.8 Å². The van der Waals surface area contributed by atoms with Crippen LogP contribution in [-0.4, -0.2) is 31.6 Å². The van der Waals surface area contributed by atoms with Crippen LogP contribution in [0.1, 0.15) is 47.8 Å². The molecule has 6 heteroatoms. The molecule has 1 aromatic carbocycles. The zero-order chi connectivity index (χ0) is 19.3. The van der Waals surface area contributed by atoms with Gasteiger partial charge in [0.1, 0.15) is 11.9 Å². The molecule has 5 nitrogen and oxygen atoms in total. The second-order valence-electron chi connectivity index (χ2n) is 6.95. The minimum absolute atomic E-state index is 0.0273. The van der Waals surface area contributed by atoms with Crippen molar-refractivity contribution in [1.29, 1.82) is 0 Å². The lowest BCUT2D eigenvalue weighted by Crippen LogP contribution is -2.44. The third-order valence-corrected chi connectivity index (χ3v) is 6.32. The third kappa shape index (κ3) is 4.50. The van der Waals surface area contributed by atoms with Gasteiger partial charge < -0.3 is 14.8 Å². The first-order chi connectivity index (χ1) is 13.0. The number of nitrogens with one attached hydrogen (secondary N) is 1. The van der Waals surface area contributed by atoms with Crippen LogP contribution >= 0.6 is 11.3 Å². The van der Waals surface area contributed by atoms with Crippen molar-refractivity contribution < 1.29 is 19.1 Å². The Kier molecular flexibility index (Phi) is 6.16. The summed E-state index contributed by atoms with van der Waals surface area (Å²) in [4.78, 5) is 25.2. The lowest BCUT2D eigenvalue weighted by molar-refractivity contribution is -0.148. The third-order valence-electron chi connectivity index (χ3n) is 5.21. The van der Waals surface area contributed by atoms with Gasteiger partial charge in [-0.05, 0) is 49.3 Å². The van der Waals surface area contributed by atoms with Crippen molar-refractivity contribution in [3.05, 3.63) is 52.2 Å². The minimum atomic E-state index is -0.229. The molecule has 1 fully saturated rings. The molecule has 27 heavy (non-hydrogen) atoms. The summed E-state index contributed by atoms with van der Waals surface area (Å²) < 4.78 is 10.7. The Morgan fingerprint density at radius 1 is 1.19 bits per heavy atom. The van der Waals surface area contributed by atoms with E-state index >= 15 is 0 Å². The van der Waals surface area contributed by atoms with Gasteiger partial charge in [-0.1, -0.05) is 18.2 Å². The Balaban J connectivity index is 1.72. The van der Waals surface area contributed by atoms with Crippen LogP contribution in [0, 0.1) is 0 Å². The molecule has 1 amide bonds. The monoisotopic (exact) mass is 387 g/mol. The lowest BCUT2D eigenvalue weighted by atomic mass is 9.72. The number of amides is 1. The van der Waals surface area contributed by atoms with E-state index < -0.39 is 0 Å². The van der Waals surface area contributed by atoms with Crippen molar-refractivity contribution in [2.24, 2.45) is 0 Å². The van der Waals surface area contributed by atoms with E-state index in [0.29, 0.717) is 17.9 Å². The number of ether oxygens (including phenoxy) is 2. The smallest absolute Gasteiger partial charge is 0.302 e. The molecular weight excluding hydrogens is 362 g/mol. The van der Waals surface area contributed by atoms with E-state index in [1.54, 1.807) is 30.6 Å². The summed E-state index contributed by atoms with van der Waals surface area (Å²) in [6.07, 6.45) is 3.33. The fourth-order valence-electron chi connectivity index (χ4n) is 3.76. The average molecular weight is 388 g/mol. The Hall–Kier alpha value is -2.34. The first kappa shape index (κ1) is 19.4. The minimum Gasteiger partial charge on any atom is -0.496 e. The second-order valence-corrected chi connectivity index (χ2v) is 7.90. The lowest BCUT2D eigenvalue weighted by Gasteiger charge is -2.39. The van der Waals surface area contributed by atoms with E-state index in [9.17, 15) is 9.59 Å². The van der Waals surface area contributed by atoms with Gasteiger partial charge in [-0.3, -0.25) is 9.59 Å². The Morgan fingerprint density at radius 2 is 1.93 bits per heavy atom. The highest BCUT2D eigenvalue weighted by Gasteiger charge is 2.39. The zero-order valence-corrected chi connectivity index (χ0v) is 16.5. The number of methoxy groups -OCH3 is 1. The first-order valence-corrected chi connectivity index (χ1v) is 10.0. The molecular formula is C21H25NO4S. The highest BCUT2D eigenvalue weighted by molar-refractivity contribution is 7.10. The zero-order valence-electron chi connectivity index (χ0n) is 15.7. The number of hydrogen-bond donors (Lipinski definition) is 1. The fraction of sp³-hybridized carbons (Fsp3) is 0.429. The van der Waals surface area contributed by atoms with Gasteiger partial charge >= 0.3 is 5.97 Å². The van der Waals surface area contributed by atoms with Gasteiger partial charge in [0.05, 0.1) is 12.7 Å². The van der Waals surface area contributed by atoms with E-state index in [4.69, 9.17) is 9.47 Å². The van der Waals surface area contributed by atoms with Crippen LogP contribution in [-0.2, 0) is 14.9 Å². The fourth-order valence-corrected chi connectivity index (χ4v) is 4.75. The normalized spacial score (nSPS) is 22.1. The molecule has 0 unspecified atom stereocenters.